The Kier molecular flexibility index (Phi) is 4.69. The second-order valence-corrected chi connectivity index (χ2v) is 5.87. The smallest absolute Gasteiger partial charge is 0.227 e. The van der Waals surface area contributed by atoms with E-state index in [0.717, 1.165) is 0 Å². The van der Waals surface area contributed by atoms with E-state index in [9.17, 15) is 9.59 Å². The molecule has 1 aliphatic rings. The summed E-state index contributed by atoms with van der Waals surface area (Å²) >= 11 is 12.3. The average molecular weight is 359 g/mol. The van der Waals surface area contributed by atoms with Crippen LogP contribution in [0.5, 0.6) is 0 Å². The van der Waals surface area contributed by atoms with Crippen molar-refractivity contribution in [3.8, 4) is 0 Å². The molecule has 0 bridgehead atoms. The number of carbonyl (C=O) groups is 2. The van der Waals surface area contributed by atoms with Gasteiger partial charge in [0.05, 0.1) is 32.8 Å². The maximum Gasteiger partial charge on any atom is 0.227 e. The molecular formula is C18H12Cl2N2O2. The lowest BCUT2D eigenvalue weighted by atomic mass is 10.1. The molecule has 0 saturated heterocycles. The van der Waals surface area contributed by atoms with Crippen molar-refractivity contribution in [3.05, 3.63) is 82.1 Å². The number of rotatable bonds is 4. The van der Waals surface area contributed by atoms with E-state index in [-0.39, 0.29) is 0 Å². The predicted molar refractivity (Wildman–Crippen MR) is 96.3 cm³/mol. The number of ketones is 2. The minimum Gasteiger partial charge on any atom is -0.352 e. The first-order valence-corrected chi connectivity index (χ1v) is 7.85. The van der Waals surface area contributed by atoms with E-state index in [1.165, 1.54) is 12.2 Å². The highest BCUT2D eigenvalue weighted by Gasteiger charge is 2.21. The van der Waals surface area contributed by atoms with Crippen molar-refractivity contribution in [1.29, 1.82) is 0 Å². The van der Waals surface area contributed by atoms with Crippen molar-refractivity contribution in [3.63, 3.8) is 0 Å². The van der Waals surface area contributed by atoms with E-state index >= 15 is 0 Å². The van der Waals surface area contributed by atoms with Crippen LogP contribution in [0.3, 0.4) is 0 Å². The first-order chi connectivity index (χ1) is 11.5. The van der Waals surface area contributed by atoms with Gasteiger partial charge in [0.1, 0.15) is 0 Å². The summed E-state index contributed by atoms with van der Waals surface area (Å²) in [4.78, 5) is 23.5. The fourth-order valence-corrected chi connectivity index (χ4v) is 2.55. The lowest BCUT2D eigenvalue weighted by Crippen LogP contribution is -2.22. The van der Waals surface area contributed by atoms with Gasteiger partial charge in [-0.05, 0) is 24.3 Å². The van der Waals surface area contributed by atoms with Crippen LogP contribution in [0.2, 0.25) is 10.0 Å². The second-order valence-electron chi connectivity index (χ2n) is 5.05. The van der Waals surface area contributed by atoms with Gasteiger partial charge in [0.2, 0.25) is 11.6 Å². The molecule has 4 nitrogen and oxygen atoms in total. The number of hydrogen-bond donors (Lipinski definition) is 2. The van der Waals surface area contributed by atoms with Crippen molar-refractivity contribution >= 4 is 46.1 Å². The van der Waals surface area contributed by atoms with Crippen LogP contribution in [0.15, 0.2) is 72.1 Å². The van der Waals surface area contributed by atoms with Gasteiger partial charge in [-0.15, -0.1) is 0 Å². The summed E-state index contributed by atoms with van der Waals surface area (Å²) in [6, 6.07) is 14.2. The predicted octanol–water partition coefficient (Wildman–Crippen LogP) is 4.44. The Bertz CT molecular complexity index is 815. The molecule has 24 heavy (non-hydrogen) atoms. The quantitative estimate of drug-likeness (QED) is 0.626. The Hall–Kier alpha value is -2.56. The summed E-state index contributed by atoms with van der Waals surface area (Å²) in [5.74, 6) is -1.21. The molecular weight excluding hydrogens is 347 g/mol. The Labute approximate surface area is 148 Å². The van der Waals surface area contributed by atoms with E-state index < -0.39 is 11.6 Å². The molecule has 0 saturated carbocycles. The van der Waals surface area contributed by atoms with E-state index in [0.29, 0.717) is 32.8 Å². The Morgan fingerprint density at radius 1 is 0.625 bits per heavy atom. The summed E-state index contributed by atoms with van der Waals surface area (Å²) in [5.41, 5.74) is 2.12. The van der Waals surface area contributed by atoms with Crippen LogP contribution in [0.4, 0.5) is 11.4 Å². The monoisotopic (exact) mass is 358 g/mol. The van der Waals surface area contributed by atoms with Crippen molar-refractivity contribution in [2.45, 2.75) is 0 Å². The number of halogens is 2. The topological polar surface area (TPSA) is 58.2 Å². The van der Waals surface area contributed by atoms with Gasteiger partial charge < -0.3 is 10.6 Å². The summed E-state index contributed by atoms with van der Waals surface area (Å²) in [6.45, 7) is 0. The third-order valence-corrected chi connectivity index (χ3v) is 4.03. The van der Waals surface area contributed by atoms with E-state index in [1.807, 2.05) is 12.1 Å². The lowest BCUT2D eigenvalue weighted by molar-refractivity contribution is -0.131. The third kappa shape index (κ3) is 3.50. The van der Waals surface area contributed by atoms with Crippen LogP contribution < -0.4 is 10.6 Å². The third-order valence-electron chi connectivity index (χ3n) is 3.37. The zero-order chi connectivity index (χ0) is 17.1. The molecule has 6 heteroatoms. The largest absolute Gasteiger partial charge is 0.352 e. The zero-order valence-electron chi connectivity index (χ0n) is 12.3. The number of nitrogens with one attached hydrogen (secondary N) is 2. The average Bonchev–Trinajstić information content (AvgIpc) is 2.56. The second kappa shape index (κ2) is 6.91. The number of anilines is 2. The fraction of sp³-hybridized carbons (Fsp3) is 0. The van der Waals surface area contributed by atoms with E-state index in [1.54, 1.807) is 36.4 Å². The molecule has 0 amide bonds. The molecule has 0 spiro atoms. The number of allylic oxidation sites excluding steroid dienone is 2. The van der Waals surface area contributed by atoms with E-state index in [2.05, 4.69) is 10.6 Å². The van der Waals surface area contributed by atoms with Gasteiger partial charge >= 0.3 is 0 Å². The van der Waals surface area contributed by atoms with E-state index in [4.69, 9.17) is 23.2 Å². The molecule has 0 aromatic heterocycles. The standard InChI is InChI=1S/C18H12Cl2N2O2/c19-11-5-1-3-7-13(11)21-15-9-17(23)18(24)10-16(15)22-14-8-4-2-6-12(14)20/h1-10,21-22H. The van der Waals surface area contributed by atoms with Crippen molar-refractivity contribution in [2.24, 2.45) is 0 Å². The van der Waals surface area contributed by atoms with Crippen LogP contribution in [-0.4, -0.2) is 11.6 Å². The summed E-state index contributed by atoms with van der Waals surface area (Å²) in [7, 11) is 0. The molecule has 2 aromatic carbocycles. The maximum atomic E-state index is 11.7. The van der Waals surface area contributed by atoms with Gasteiger partial charge in [-0.1, -0.05) is 47.5 Å². The lowest BCUT2D eigenvalue weighted by Gasteiger charge is -2.20. The summed E-state index contributed by atoms with van der Waals surface area (Å²) in [6.07, 6.45) is 2.48. The molecule has 2 aromatic rings. The molecule has 3 rings (SSSR count). The number of para-hydroxylation sites is 2. The fourth-order valence-electron chi connectivity index (χ4n) is 2.18. The minimum absolute atomic E-state index is 0.438. The van der Waals surface area contributed by atoms with Gasteiger partial charge in [-0.2, -0.15) is 0 Å². The Balaban J connectivity index is 1.93. The van der Waals surface area contributed by atoms with Crippen LogP contribution in [0, 0.1) is 0 Å². The minimum atomic E-state index is -0.603. The van der Waals surface area contributed by atoms with Gasteiger partial charge in [0.25, 0.3) is 0 Å². The summed E-state index contributed by atoms with van der Waals surface area (Å²) in [5, 5.41) is 7.14. The van der Waals surface area contributed by atoms with Crippen molar-refractivity contribution < 1.29 is 9.59 Å². The van der Waals surface area contributed by atoms with Crippen LogP contribution in [0.25, 0.3) is 0 Å². The molecule has 120 valence electrons. The zero-order valence-corrected chi connectivity index (χ0v) is 13.9. The first kappa shape index (κ1) is 16.3. The number of carbonyl (C=O) groups excluding carboxylic acids is 2. The molecule has 0 atom stereocenters. The van der Waals surface area contributed by atoms with Crippen LogP contribution >= 0.6 is 23.2 Å². The molecule has 0 heterocycles. The maximum absolute atomic E-state index is 11.7. The van der Waals surface area contributed by atoms with Gasteiger partial charge in [-0.25, -0.2) is 0 Å². The first-order valence-electron chi connectivity index (χ1n) is 7.10. The normalized spacial score (nSPS) is 14.1. The highest BCUT2D eigenvalue weighted by molar-refractivity contribution is 6.47. The molecule has 0 unspecified atom stereocenters. The Morgan fingerprint density at radius 2 is 1.00 bits per heavy atom. The van der Waals surface area contributed by atoms with Gasteiger partial charge in [0.15, 0.2) is 0 Å². The molecule has 1 aliphatic carbocycles. The Morgan fingerprint density at radius 3 is 1.38 bits per heavy atom. The number of hydrogen-bond acceptors (Lipinski definition) is 4. The van der Waals surface area contributed by atoms with Crippen LogP contribution in [0.1, 0.15) is 0 Å². The summed E-state index contributed by atoms with van der Waals surface area (Å²) < 4.78 is 0. The molecule has 2 N–H and O–H groups in total. The van der Waals surface area contributed by atoms with Gasteiger partial charge in [-0.3, -0.25) is 9.59 Å². The molecule has 0 aliphatic heterocycles. The van der Waals surface area contributed by atoms with Crippen molar-refractivity contribution in [1.82, 2.24) is 0 Å². The highest BCUT2D eigenvalue weighted by Crippen LogP contribution is 2.28. The molecule has 0 fully saturated rings. The highest BCUT2D eigenvalue weighted by atomic mass is 35.5. The van der Waals surface area contributed by atoms with Crippen molar-refractivity contribution in [2.75, 3.05) is 10.6 Å². The SMILES string of the molecule is O=C1C=C(Nc2ccccc2Cl)C(Nc2ccccc2Cl)=CC1=O. The van der Waals surface area contributed by atoms with Crippen LogP contribution in [-0.2, 0) is 9.59 Å². The molecule has 0 radical (unpaired) electrons. The van der Waals surface area contributed by atoms with Gasteiger partial charge in [0, 0.05) is 12.2 Å². The number of benzene rings is 2.